The molecule has 6 N–H and O–H groups in total. The van der Waals surface area contributed by atoms with E-state index in [0.717, 1.165) is 72.6 Å². The molecule has 8 rings (SSSR count). The number of carbonyl (C=O) groups is 6. The number of aromatic nitrogens is 3. The topological polar surface area (TPSA) is 219 Å². The second-order valence-corrected chi connectivity index (χ2v) is 17.4. The zero-order valence-electron chi connectivity index (χ0n) is 35.2. The van der Waals surface area contributed by atoms with Crippen LogP contribution in [0.1, 0.15) is 96.5 Å². The zero-order valence-corrected chi connectivity index (χ0v) is 36.0. The van der Waals surface area contributed by atoms with Crippen molar-refractivity contribution in [2.75, 3.05) is 62.6 Å². The molecule has 0 bridgehead atoms. The second kappa shape index (κ2) is 19.2. The van der Waals surface area contributed by atoms with Crippen molar-refractivity contribution in [3.8, 4) is 0 Å². The Morgan fingerprint density at radius 1 is 0.905 bits per heavy atom. The molecule has 3 saturated heterocycles. The molecule has 6 heterocycles. The minimum Gasteiger partial charge on any atom is -0.384 e. The van der Waals surface area contributed by atoms with Crippen molar-refractivity contribution in [2.45, 2.75) is 81.8 Å². The van der Waals surface area contributed by atoms with E-state index in [-0.39, 0.29) is 41.8 Å². The second-order valence-electron chi connectivity index (χ2n) is 16.9. The first-order valence-electron chi connectivity index (χ1n) is 22.0. The van der Waals surface area contributed by atoms with Crippen LogP contribution in [0.15, 0.2) is 61.1 Å². The summed E-state index contributed by atoms with van der Waals surface area (Å²) in [4.78, 5) is 96.9. The van der Waals surface area contributed by atoms with Crippen LogP contribution in [0.4, 0.5) is 11.5 Å². The maximum Gasteiger partial charge on any atom is 0.264 e. The number of nitrogens with zero attached hydrogens (tertiary/aromatic N) is 6. The summed E-state index contributed by atoms with van der Waals surface area (Å²) >= 11 is 6.23. The quantitative estimate of drug-likeness (QED) is 0.0803. The average Bonchev–Trinajstić information content (AvgIpc) is 3.87. The molecule has 0 saturated carbocycles. The summed E-state index contributed by atoms with van der Waals surface area (Å²) in [7, 11) is 0. The van der Waals surface area contributed by atoms with Gasteiger partial charge in [-0.25, -0.2) is 9.97 Å². The SMILES string of the molecule is NC1(C(=O)N[C@@H](CCN2CCN(C(=O)CCCCCCNc3cccc4c3C(=O)N(C3CCC(=O)NC3=O)C4=O)CC2)c2ccc(Cl)cc2)CCN(c2ncnc3[nH]ccc23)CC1. The van der Waals surface area contributed by atoms with Crippen molar-refractivity contribution in [2.24, 2.45) is 5.73 Å². The molecular weight excluding hydrogens is 826 g/mol. The van der Waals surface area contributed by atoms with Gasteiger partial charge in [0.15, 0.2) is 0 Å². The lowest BCUT2D eigenvalue weighted by Crippen LogP contribution is -2.60. The van der Waals surface area contributed by atoms with Crippen molar-refractivity contribution in [3.05, 3.63) is 82.8 Å². The zero-order chi connectivity index (χ0) is 44.1. The number of hydrogen-bond acceptors (Lipinski definition) is 12. The number of halogens is 1. The Kier molecular flexibility index (Phi) is 13.3. The fraction of sp³-hybridized carbons (Fsp3) is 0.467. The largest absolute Gasteiger partial charge is 0.384 e. The molecule has 0 aliphatic carbocycles. The molecule has 63 heavy (non-hydrogen) atoms. The van der Waals surface area contributed by atoms with E-state index >= 15 is 0 Å². The van der Waals surface area contributed by atoms with E-state index in [2.05, 4.69) is 40.7 Å². The average molecular weight is 880 g/mol. The van der Waals surface area contributed by atoms with Crippen LogP contribution in [-0.2, 0) is 19.2 Å². The van der Waals surface area contributed by atoms with E-state index in [1.807, 2.05) is 41.4 Å². The molecule has 6 amide bonds. The lowest BCUT2D eigenvalue weighted by Gasteiger charge is -2.39. The Balaban J connectivity index is 0.745. The Morgan fingerprint density at radius 3 is 2.43 bits per heavy atom. The first kappa shape index (κ1) is 43.7. The van der Waals surface area contributed by atoms with Crippen LogP contribution in [0, 0.1) is 0 Å². The molecule has 2 aromatic carbocycles. The summed E-state index contributed by atoms with van der Waals surface area (Å²) in [5, 5.41) is 10.4. The molecule has 332 valence electrons. The van der Waals surface area contributed by atoms with Gasteiger partial charge in [0.05, 0.1) is 28.1 Å². The fourth-order valence-corrected chi connectivity index (χ4v) is 9.23. The number of benzene rings is 2. The smallest absolute Gasteiger partial charge is 0.264 e. The van der Waals surface area contributed by atoms with Crippen molar-refractivity contribution < 1.29 is 28.8 Å². The predicted octanol–water partition coefficient (Wildman–Crippen LogP) is 3.76. The van der Waals surface area contributed by atoms with Gasteiger partial charge in [0, 0.05) is 82.1 Å². The molecule has 3 fully saturated rings. The molecular formula is C45H54ClN11O6. The first-order valence-corrected chi connectivity index (χ1v) is 22.3. The van der Waals surface area contributed by atoms with Crippen LogP contribution >= 0.6 is 11.6 Å². The molecule has 17 nitrogen and oxygen atoms in total. The third-order valence-electron chi connectivity index (χ3n) is 12.9. The van der Waals surface area contributed by atoms with Crippen LogP contribution < -0.4 is 26.6 Å². The highest BCUT2D eigenvalue weighted by atomic mass is 35.5. The number of hydrogen-bond donors (Lipinski definition) is 5. The van der Waals surface area contributed by atoms with E-state index in [0.29, 0.717) is 69.1 Å². The predicted molar refractivity (Wildman–Crippen MR) is 237 cm³/mol. The van der Waals surface area contributed by atoms with Crippen molar-refractivity contribution in [3.63, 3.8) is 0 Å². The third kappa shape index (κ3) is 9.70. The minimum absolute atomic E-state index is 0.0662. The summed E-state index contributed by atoms with van der Waals surface area (Å²) in [6, 6.07) is 13.3. The Morgan fingerprint density at radius 2 is 1.67 bits per heavy atom. The summed E-state index contributed by atoms with van der Waals surface area (Å²) in [6.07, 6.45) is 9.01. The number of fused-ring (bicyclic) bond motifs is 2. The van der Waals surface area contributed by atoms with E-state index in [1.54, 1.807) is 24.5 Å². The number of nitrogens with one attached hydrogen (secondary N) is 4. The molecule has 2 aromatic heterocycles. The van der Waals surface area contributed by atoms with Crippen LogP contribution in [0.2, 0.25) is 5.02 Å². The minimum atomic E-state index is -1.02. The molecule has 2 atom stereocenters. The Bertz CT molecular complexity index is 2360. The van der Waals surface area contributed by atoms with Crippen LogP contribution in [0.25, 0.3) is 11.0 Å². The molecule has 4 aliphatic heterocycles. The van der Waals surface area contributed by atoms with Crippen LogP contribution in [0.3, 0.4) is 0 Å². The number of piperazine rings is 1. The molecule has 4 aromatic rings. The van der Waals surface area contributed by atoms with Gasteiger partial charge in [-0.3, -0.25) is 43.9 Å². The molecule has 4 aliphatic rings. The Labute approximate surface area is 370 Å². The lowest BCUT2D eigenvalue weighted by molar-refractivity contribution is -0.136. The van der Waals surface area contributed by atoms with Crippen LogP contribution in [-0.4, -0.2) is 129 Å². The number of aromatic amines is 1. The van der Waals surface area contributed by atoms with Gasteiger partial charge < -0.3 is 31.2 Å². The number of imide groups is 2. The van der Waals surface area contributed by atoms with Crippen molar-refractivity contribution >= 4 is 69.6 Å². The summed E-state index contributed by atoms with van der Waals surface area (Å²) < 4.78 is 0. The highest BCUT2D eigenvalue weighted by molar-refractivity contribution is 6.30. The van der Waals surface area contributed by atoms with Crippen molar-refractivity contribution in [1.82, 2.24) is 40.3 Å². The first-order chi connectivity index (χ1) is 30.5. The van der Waals surface area contributed by atoms with Crippen LogP contribution in [0.5, 0.6) is 0 Å². The van der Waals surface area contributed by atoms with Gasteiger partial charge in [-0.1, -0.05) is 42.6 Å². The summed E-state index contributed by atoms with van der Waals surface area (Å²) in [6.45, 7) is 5.28. The van der Waals surface area contributed by atoms with E-state index in [4.69, 9.17) is 17.3 Å². The molecule has 0 spiro atoms. The number of H-pyrrole nitrogens is 1. The van der Waals surface area contributed by atoms with Gasteiger partial charge in [-0.2, -0.15) is 0 Å². The van der Waals surface area contributed by atoms with Gasteiger partial charge in [-0.05, 0) is 74.4 Å². The number of unbranched alkanes of at least 4 members (excludes halogenated alkanes) is 3. The van der Waals surface area contributed by atoms with Crippen molar-refractivity contribution in [1.29, 1.82) is 0 Å². The maximum absolute atomic E-state index is 13.9. The number of anilines is 2. The van der Waals surface area contributed by atoms with Gasteiger partial charge >= 0.3 is 0 Å². The molecule has 18 heteroatoms. The number of rotatable bonds is 16. The lowest BCUT2D eigenvalue weighted by atomic mass is 9.87. The molecule has 1 unspecified atom stereocenters. The normalized spacial score (nSPS) is 19.6. The number of piperidine rings is 2. The van der Waals surface area contributed by atoms with Gasteiger partial charge in [0.2, 0.25) is 23.6 Å². The number of carbonyl (C=O) groups excluding carboxylic acids is 6. The Hall–Kier alpha value is -5.91. The van der Waals surface area contributed by atoms with E-state index in [9.17, 15) is 28.8 Å². The van der Waals surface area contributed by atoms with Gasteiger partial charge in [-0.15, -0.1) is 0 Å². The number of nitrogens with two attached hydrogens (primary N) is 1. The van der Waals surface area contributed by atoms with E-state index in [1.165, 1.54) is 0 Å². The number of amides is 6. The monoisotopic (exact) mass is 879 g/mol. The van der Waals surface area contributed by atoms with E-state index < -0.39 is 35.2 Å². The highest BCUT2D eigenvalue weighted by Crippen LogP contribution is 2.33. The fourth-order valence-electron chi connectivity index (χ4n) is 9.11. The maximum atomic E-state index is 13.9. The van der Waals surface area contributed by atoms with Gasteiger partial charge in [0.1, 0.15) is 23.8 Å². The summed E-state index contributed by atoms with van der Waals surface area (Å²) in [5.41, 5.74) is 8.56. The standard InChI is InChI=1S/C45H54ClN11O6/c46-30-11-9-29(10-12-30)33(52-44(63)45(47)17-22-56(23-18-45)40-32-15-20-49-39(32)50-28-51-40)16-21-54-24-26-55(27-25-54)37(59)8-3-1-2-4-19-48-34-7-5-6-31-38(34)43(62)57(42(31)61)35-13-14-36(58)53-41(35)60/h5-7,9-12,15,20,28,33,35,48H,1-4,8,13-14,16-19,21-27,47H2,(H,52,63)(H,49,50,51)(H,53,58,60)/t33-,35?/m0/s1. The molecule has 0 radical (unpaired) electrons. The third-order valence-corrected chi connectivity index (χ3v) is 13.1. The summed E-state index contributed by atoms with van der Waals surface area (Å²) in [5.74, 6) is -1.30. The van der Waals surface area contributed by atoms with Gasteiger partial charge in [0.25, 0.3) is 11.8 Å². The highest BCUT2D eigenvalue weighted by Gasteiger charge is 2.46.